The minimum absolute atomic E-state index is 0.0969. The zero-order valence-electron chi connectivity index (χ0n) is 14.3. The first-order valence-electron chi connectivity index (χ1n) is 8.84. The average Bonchev–Trinajstić information content (AvgIpc) is 2.57. The van der Waals surface area contributed by atoms with E-state index in [-0.39, 0.29) is 11.3 Å². The SMILES string of the molecule is CCCCOc1ccc(NC(=O)C2(c3ccccc3)CCC2)cc1. The molecular formula is C21H25NO2. The minimum atomic E-state index is -0.364. The Kier molecular flexibility index (Phi) is 5.19. The fraction of sp³-hybridized carbons (Fsp3) is 0.381. The summed E-state index contributed by atoms with van der Waals surface area (Å²) in [5.74, 6) is 0.947. The second kappa shape index (κ2) is 7.52. The van der Waals surface area contributed by atoms with Crippen molar-refractivity contribution in [2.45, 2.75) is 44.4 Å². The van der Waals surface area contributed by atoms with Gasteiger partial charge in [0.2, 0.25) is 5.91 Å². The highest BCUT2D eigenvalue weighted by atomic mass is 16.5. The summed E-state index contributed by atoms with van der Waals surface area (Å²) in [6, 6.07) is 17.8. The normalized spacial score (nSPS) is 15.4. The number of carbonyl (C=O) groups excluding carboxylic acids is 1. The van der Waals surface area contributed by atoms with E-state index in [0.717, 1.165) is 55.7 Å². The second-order valence-corrected chi connectivity index (χ2v) is 6.48. The van der Waals surface area contributed by atoms with Crippen LogP contribution in [0.2, 0.25) is 0 Å². The first kappa shape index (κ1) is 16.6. The molecule has 0 unspecified atom stereocenters. The summed E-state index contributed by atoms with van der Waals surface area (Å²) in [6.07, 6.45) is 5.11. The first-order chi connectivity index (χ1) is 11.7. The van der Waals surface area contributed by atoms with E-state index in [1.165, 1.54) is 0 Å². The lowest BCUT2D eigenvalue weighted by molar-refractivity contribution is -0.124. The maximum Gasteiger partial charge on any atom is 0.235 e. The van der Waals surface area contributed by atoms with Crippen LogP contribution in [0.5, 0.6) is 5.75 Å². The number of unbranched alkanes of at least 4 members (excludes halogenated alkanes) is 1. The number of hydrogen-bond donors (Lipinski definition) is 1. The Morgan fingerprint density at radius 3 is 2.38 bits per heavy atom. The number of anilines is 1. The van der Waals surface area contributed by atoms with Crippen LogP contribution in [-0.4, -0.2) is 12.5 Å². The van der Waals surface area contributed by atoms with Crippen LogP contribution >= 0.6 is 0 Å². The summed E-state index contributed by atoms with van der Waals surface area (Å²) in [5.41, 5.74) is 1.58. The number of amides is 1. The van der Waals surface area contributed by atoms with Gasteiger partial charge in [0, 0.05) is 5.69 Å². The standard InChI is InChI=1S/C21H25NO2/c1-2-3-16-24-19-12-10-18(11-13-19)22-20(23)21(14-7-15-21)17-8-5-4-6-9-17/h4-6,8-13H,2-3,7,14-16H2,1H3,(H,22,23). The molecule has 0 heterocycles. The Hall–Kier alpha value is -2.29. The van der Waals surface area contributed by atoms with E-state index in [9.17, 15) is 4.79 Å². The maximum atomic E-state index is 12.9. The molecule has 0 aromatic heterocycles. The van der Waals surface area contributed by atoms with Gasteiger partial charge in [-0.15, -0.1) is 0 Å². The van der Waals surface area contributed by atoms with Crippen molar-refractivity contribution in [2.24, 2.45) is 0 Å². The highest BCUT2D eigenvalue weighted by Gasteiger charge is 2.45. The molecule has 1 saturated carbocycles. The molecule has 3 rings (SSSR count). The molecule has 2 aromatic rings. The Bertz CT molecular complexity index is 660. The van der Waals surface area contributed by atoms with Gasteiger partial charge >= 0.3 is 0 Å². The Morgan fingerprint density at radius 1 is 1.08 bits per heavy atom. The predicted molar refractivity (Wildman–Crippen MR) is 97.4 cm³/mol. The van der Waals surface area contributed by atoms with Crippen LogP contribution in [0.15, 0.2) is 54.6 Å². The largest absolute Gasteiger partial charge is 0.494 e. The number of hydrogen-bond acceptors (Lipinski definition) is 2. The lowest BCUT2D eigenvalue weighted by Gasteiger charge is -2.40. The van der Waals surface area contributed by atoms with Gasteiger partial charge in [-0.2, -0.15) is 0 Å². The average molecular weight is 323 g/mol. The first-order valence-corrected chi connectivity index (χ1v) is 8.84. The van der Waals surface area contributed by atoms with Crippen molar-refractivity contribution in [1.82, 2.24) is 0 Å². The molecule has 3 heteroatoms. The van der Waals surface area contributed by atoms with Gasteiger partial charge in [0.05, 0.1) is 12.0 Å². The minimum Gasteiger partial charge on any atom is -0.494 e. The number of rotatable bonds is 7. The molecule has 1 aliphatic carbocycles. The number of ether oxygens (including phenoxy) is 1. The molecule has 1 amide bonds. The van der Waals surface area contributed by atoms with E-state index >= 15 is 0 Å². The summed E-state index contributed by atoms with van der Waals surface area (Å²) in [5, 5.41) is 3.08. The molecule has 2 aromatic carbocycles. The highest BCUT2D eigenvalue weighted by Crippen LogP contribution is 2.44. The highest BCUT2D eigenvalue weighted by molar-refractivity contribution is 5.99. The van der Waals surface area contributed by atoms with Crippen molar-refractivity contribution in [3.63, 3.8) is 0 Å². The van der Waals surface area contributed by atoms with Crippen LogP contribution in [0.4, 0.5) is 5.69 Å². The van der Waals surface area contributed by atoms with Crippen molar-refractivity contribution < 1.29 is 9.53 Å². The van der Waals surface area contributed by atoms with Crippen molar-refractivity contribution in [3.8, 4) is 5.75 Å². The van der Waals surface area contributed by atoms with Crippen LogP contribution in [0, 0.1) is 0 Å². The fourth-order valence-corrected chi connectivity index (χ4v) is 3.15. The third-order valence-corrected chi connectivity index (χ3v) is 4.85. The maximum absolute atomic E-state index is 12.9. The van der Waals surface area contributed by atoms with Gasteiger partial charge in [-0.05, 0) is 49.1 Å². The van der Waals surface area contributed by atoms with Crippen LogP contribution in [0.3, 0.4) is 0 Å². The van der Waals surface area contributed by atoms with E-state index in [4.69, 9.17) is 4.74 Å². The molecule has 0 radical (unpaired) electrons. The molecule has 3 nitrogen and oxygen atoms in total. The second-order valence-electron chi connectivity index (χ2n) is 6.48. The van der Waals surface area contributed by atoms with Crippen LogP contribution in [0.1, 0.15) is 44.6 Å². The van der Waals surface area contributed by atoms with Gasteiger partial charge in [-0.3, -0.25) is 4.79 Å². The monoisotopic (exact) mass is 323 g/mol. The Balaban J connectivity index is 1.66. The van der Waals surface area contributed by atoms with E-state index in [1.54, 1.807) is 0 Å². The summed E-state index contributed by atoms with van der Waals surface area (Å²) in [4.78, 5) is 12.9. The topological polar surface area (TPSA) is 38.3 Å². The van der Waals surface area contributed by atoms with Gasteiger partial charge in [0.25, 0.3) is 0 Å². The molecule has 0 aliphatic heterocycles. The lowest BCUT2D eigenvalue weighted by atomic mass is 9.64. The zero-order valence-corrected chi connectivity index (χ0v) is 14.3. The summed E-state index contributed by atoms with van der Waals surface area (Å²) >= 11 is 0. The molecule has 0 spiro atoms. The van der Waals surface area contributed by atoms with Crippen molar-refractivity contribution in [3.05, 3.63) is 60.2 Å². The molecule has 1 N–H and O–H groups in total. The molecule has 126 valence electrons. The van der Waals surface area contributed by atoms with Crippen molar-refractivity contribution in [2.75, 3.05) is 11.9 Å². The van der Waals surface area contributed by atoms with Gasteiger partial charge < -0.3 is 10.1 Å². The Labute approximate surface area is 144 Å². The van der Waals surface area contributed by atoms with Crippen LogP contribution in [-0.2, 0) is 10.2 Å². The number of carbonyl (C=O) groups is 1. The molecule has 1 aliphatic rings. The molecule has 24 heavy (non-hydrogen) atoms. The van der Waals surface area contributed by atoms with E-state index in [2.05, 4.69) is 24.4 Å². The van der Waals surface area contributed by atoms with Crippen LogP contribution < -0.4 is 10.1 Å². The third kappa shape index (κ3) is 3.45. The summed E-state index contributed by atoms with van der Waals surface area (Å²) < 4.78 is 5.66. The smallest absolute Gasteiger partial charge is 0.235 e. The number of nitrogens with one attached hydrogen (secondary N) is 1. The molecule has 0 bridgehead atoms. The van der Waals surface area contributed by atoms with Gasteiger partial charge in [-0.25, -0.2) is 0 Å². The van der Waals surface area contributed by atoms with E-state index in [1.807, 2.05) is 42.5 Å². The number of benzene rings is 2. The zero-order chi connectivity index (χ0) is 16.8. The van der Waals surface area contributed by atoms with E-state index < -0.39 is 0 Å². The quantitative estimate of drug-likeness (QED) is 0.734. The molecule has 1 fully saturated rings. The van der Waals surface area contributed by atoms with Gasteiger partial charge in [0.15, 0.2) is 0 Å². The van der Waals surface area contributed by atoms with E-state index in [0.29, 0.717) is 0 Å². The lowest BCUT2D eigenvalue weighted by Crippen LogP contribution is -2.45. The Morgan fingerprint density at radius 2 is 1.79 bits per heavy atom. The van der Waals surface area contributed by atoms with Gasteiger partial charge in [0.1, 0.15) is 5.75 Å². The van der Waals surface area contributed by atoms with Crippen LogP contribution in [0.25, 0.3) is 0 Å². The van der Waals surface area contributed by atoms with Gasteiger partial charge in [-0.1, -0.05) is 50.1 Å². The molecule has 0 atom stereocenters. The van der Waals surface area contributed by atoms with Crippen molar-refractivity contribution >= 4 is 11.6 Å². The molecule has 0 saturated heterocycles. The fourth-order valence-electron chi connectivity index (χ4n) is 3.15. The summed E-state index contributed by atoms with van der Waals surface area (Å²) in [6.45, 7) is 2.88. The molecular weight excluding hydrogens is 298 g/mol. The predicted octanol–water partition coefficient (Wildman–Crippen LogP) is 4.93. The third-order valence-electron chi connectivity index (χ3n) is 4.85. The summed E-state index contributed by atoms with van der Waals surface area (Å²) in [7, 11) is 0. The van der Waals surface area contributed by atoms with Crippen molar-refractivity contribution in [1.29, 1.82) is 0 Å².